The lowest BCUT2D eigenvalue weighted by Crippen LogP contribution is -2.30. The van der Waals surface area contributed by atoms with E-state index in [-0.39, 0.29) is 11.8 Å². The van der Waals surface area contributed by atoms with Crippen molar-refractivity contribution in [3.63, 3.8) is 0 Å². The Morgan fingerprint density at radius 1 is 1.33 bits per heavy atom. The van der Waals surface area contributed by atoms with Gasteiger partial charge in [-0.05, 0) is 18.7 Å². The van der Waals surface area contributed by atoms with E-state index in [4.69, 9.17) is 0 Å². The molecular weight excluding hydrogens is 301 g/mol. The number of hydrogen-bond donors (Lipinski definition) is 2. The number of rotatable bonds is 7. The molecule has 1 aromatic carbocycles. The maximum absolute atomic E-state index is 12.3. The van der Waals surface area contributed by atoms with Crippen molar-refractivity contribution in [2.45, 2.75) is 24.9 Å². The Bertz CT molecular complexity index is 466. The fourth-order valence-corrected chi connectivity index (χ4v) is 2.33. The van der Waals surface area contributed by atoms with E-state index in [1.165, 1.54) is 0 Å². The van der Waals surface area contributed by atoms with Crippen LogP contribution in [0.4, 0.5) is 18.9 Å². The van der Waals surface area contributed by atoms with Gasteiger partial charge >= 0.3 is 6.18 Å². The Hall–Kier alpha value is -1.21. The Balaban J connectivity index is 2.68. The first-order valence-electron chi connectivity index (χ1n) is 6.63. The van der Waals surface area contributed by atoms with Gasteiger partial charge in [-0.25, -0.2) is 0 Å². The van der Waals surface area contributed by atoms with Crippen molar-refractivity contribution >= 4 is 23.4 Å². The van der Waals surface area contributed by atoms with E-state index in [1.807, 2.05) is 6.92 Å². The van der Waals surface area contributed by atoms with Crippen LogP contribution in [0, 0.1) is 5.92 Å². The third-order valence-corrected chi connectivity index (χ3v) is 3.82. The van der Waals surface area contributed by atoms with E-state index < -0.39 is 11.9 Å². The predicted octanol–water partition coefficient (Wildman–Crippen LogP) is 3.53. The highest BCUT2D eigenvalue weighted by Gasteiger charge is 2.27. The molecule has 0 bridgehead atoms. The van der Waals surface area contributed by atoms with Crippen LogP contribution >= 0.6 is 11.8 Å². The molecule has 7 heteroatoms. The monoisotopic (exact) mass is 320 g/mol. The van der Waals surface area contributed by atoms with Crippen molar-refractivity contribution in [2.75, 3.05) is 24.2 Å². The standard InChI is InChI=1S/C14H19F3N2OS/c1-3-18-8-10(2)13(20)19-11-6-4-5-7-12(11)21-9-14(15,16)17/h4-7,10,18H,3,8-9H2,1-2H3,(H,19,20). The summed E-state index contributed by atoms with van der Waals surface area (Å²) in [5, 5.41) is 5.75. The molecule has 0 aromatic heterocycles. The minimum absolute atomic E-state index is 0.212. The third-order valence-electron chi connectivity index (χ3n) is 2.68. The fraction of sp³-hybridized carbons (Fsp3) is 0.500. The quantitative estimate of drug-likeness (QED) is 0.755. The summed E-state index contributed by atoms with van der Waals surface area (Å²) in [5.74, 6) is -1.45. The molecule has 2 N–H and O–H groups in total. The summed E-state index contributed by atoms with van der Waals surface area (Å²) in [6, 6.07) is 6.51. The lowest BCUT2D eigenvalue weighted by atomic mass is 10.1. The van der Waals surface area contributed by atoms with E-state index in [0.717, 1.165) is 6.54 Å². The molecule has 1 unspecified atom stereocenters. The molecule has 1 atom stereocenters. The molecule has 1 amide bonds. The van der Waals surface area contributed by atoms with Crippen molar-refractivity contribution in [3.05, 3.63) is 24.3 Å². The zero-order valence-electron chi connectivity index (χ0n) is 12.0. The summed E-state index contributed by atoms with van der Waals surface area (Å²) in [6.07, 6.45) is -4.24. The van der Waals surface area contributed by atoms with Crippen LogP contribution < -0.4 is 10.6 Å². The maximum atomic E-state index is 12.3. The van der Waals surface area contributed by atoms with E-state index in [9.17, 15) is 18.0 Å². The summed E-state index contributed by atoms with van der Waals surface area (Å²) in [5.41, 5.74) is 0.417. The first-order chi connectivity index (χ1) is 9.83. The van der Waals surface area contributed by atoms with Gasteiger partial charge in [0.25, 0.3) is 0 Å². The van der Waals surface area contributed by atoms with Crippen LogP contribution in [0.25, 0.3) is 0 Å². The zero-order valence-corrected chi connectivity index (χ0v) is 12.8. The van der Waals surface area contributed by atoms with Gasteiger partial charge < -0.3 is 10.6 Å². The Kier molecular flexibility index (Phi) is 7.04. The van der Waals surface area contributed by atoms with Gasteiger partial charge in [0.1, 0.15) is 0 Å². The topological polar surface area (TPSA) is 41.1 Å². The lowest BCUT2D eigenvalue weighted by Gasteiger charge is -2.15. The first kappa shape index (κ1) is 17.8. The van der Waals surface area contributed by atoms with E-state index in [1.54, 1.807) is 31.2 Å². The van der Waals surface area contributed by atoms with Crippen LogP contribution in [-0.2, 0) is 4.79 Å². The van der Waals surface area contributed by atoms with Crippen molar-refractivity contribution < 1.29 is 18.0 Å². The second-order valence-electron chi connectivity index (χ2n) is 4.60. The van der Waals surface area contributed by atoms with Gasteiger partial charge in [-0.1, -0.05) is 26.0 Å². The largest absolute Gasteiger partial charge is 0.398 e. The molecule has 0 saturated carbocycles. The zero-order chi connectivity index (χ0) is 15.9. The molecule has 0 heterocycles. The van der Waals surface area contributed by atoms with Crippen LogP contribution in [0.3, 0.4) is 0 Å². The van der Waals surface area contributed by atoms with Crippen molar-refractivity contribution in [1.82, 2.24) is 5.32 Å². The molecule has 3 nitrogen and oxygen atoms in total. The van der Waals surface area contributed by atoms with Crippen molar-refractivity contribution in [1.29, 1.82) is 0 Å². The highest BCUT2D eigenvalue weighted by molar-refractivity contribution is 7.99. The van der Waals surface area contributed by atoms with Gasteiger partial charge in [-0.3, -0.25) is 4.79 Å². The number of hydrogen-bond acceptors (Lipinski definition) is 3. The smallest absolute Gasteiger partial charge is 0.325 e. The van der Waals surface area contributed by atoms with Gasteiger partial charge in [0, 0.05) is 17.4 Å². The van der Waals surface area contributed by atoms with Gasteiger partial charge in [0.05, 0.1) is 11.4 Å². The molecule has 21 heavy (non-hydrogen) atoms. The van der Waals surface area contributed by atoms with Gasteiger partial charge in [-0.2, -0.15) is 13.2 Å². The molecule has 1 aromatic rings. The minimum Gasteiger partial charge on any atom is -0.325 e. The molecule has 0 aliphatic rings. The summed E-state index contributed by atoms with van der Waals surface area (Å²) < 4.78 is 36.9. The lowest BCUT2D eigenvalue weighted by molar-refractivity contribution is -0.119. The Morgan fingerprint density at radius 3 is 2.62 bits per heavy atom. The third kappa shape index (κ3) is 6.86. The number of benzene rings is 1. The number of carbonyl (C=O) groups excluding carboxylic acids is 1. The Morgan fingerprint density at radius 2 is 2.00 bits per heavy atom. The number of amides is 1. The van der Waals surface area contributed by atoms with E-state index in [2.05, 4.69) is 10.6 Å². The van der Waals surface area contributed by atoms with E-state index in [0.29, 0.717) is 28.9 Å². The normalized spacial score (nSPS) is 13.0. The second-order valence-corrected chi connectivity index (χ2v) is 5.62. The molecule has 0 fully saturated rings. The first-order valence-corrected chi connectivity index (χ1v) is 7.62. The highest BCUT2D eigenvalue weighted by Crippen LogP contribution is 2.32. The Labute approximate surface area is 126 Å². The fourth-order valence-electron chi connectivity index (χ4n) is 1.56. The van der Waals surface area contributed by atoms with Crippen LogP contribution in [0.2, 0.25) is 0 Å². The number of halogens is 3. The van der Waals surface area contributed by atoms with Crippen LogP contribution in [0.5, 0.6) is 0 Å². The predicted molar refractivity (Wildman–Crippen MR) is 79.6 cm³/mol. The molecule has 0 saturated heterocycles. The second kappa shape index (κ2) is 8.29. The molecule has 0 radical (unpaired) electrons. The number of carbonyl (C=O) groups is 1. The van der Waals surface area contributed by atoms with Crippen LogP contribution in [-0.4, -0.2) is 30.9 Å². The summed E-state index contributed by atoms with van der Waals surface area (Å²) in [6.45, 7) is 4.99. The van der Waals surface area contributed by atoms with Crippen molar-refractivity contribution in [3.8, 4) is 0 Å². The molecule has 1 rings (SSSR count). The van der Waals surface area contributed by atoms with Crippen molar-refractivity contribution in [2.24, 2.45) is 5.92 Å². The summed E-state index contributed by atoms with van der Waals surface area (Å²) in [4.78, 5) is 12.4. The average Bonchev–Trinajstić information content (AvgIpc) is 2.42. The maximum Gasteiger partial charge on any atom is 0.398 e. The minimum atomic E-state index is -4.24. The highest BCUT2D eigenvalue weighted by atomic mass is 32.2. The molecule has 118 valence electrons. The number of nitrogens with one attached hydrogen (secondary N) is 2. The molecule has 0 aliphatic carbocycles. The SMILES string of the molecule is CCNCC(C)C(=O)Nc1ccccc1SCC(F)(F)F. The summed E-state index contributed by atoms with van der Waals surface area (Å²) in [7, 11) is 0. The number of thioether (sulfide) groups is 1. The number of alkyl halides is 3. The number of anilines is 1. The van der Waals surface area contributed by atoms with Gasteiger partial charge in [-0.15, -0.1) is 11.8 Å². The summed E-state index contributed by atoms with van der Waals surface area (Å²) >= 11 is 0.670. The molecule has 0 spiro atoms. The van der Waals surface area contributed by atoms with Gasteiger partial charge in [0.15, 0.2) is 0 Å². The number of para-hydroxylation sites is 1. The van der Waals surface area contributed by atoms with Gasteiger partial charge in [0.2, 0.25) is 5.91 Å². The molecular formula is C14H19F3N2OS. The van der Waals surface area contributed by atoms with E-state index >= 15 is 0 Å². The van der Waals surface area contributed by atoms with Crippen LogP contribution in [0.15, 0.2) is 29.2 Å². The van der Waals surface area contributed by atoms with Crippen LogP contribution in [0.1, 0.15) is 13.8 Å². The average molecular weight is 320 g/mol. The molecule has 0 aliphatic heterocycles.